The summed E-state index contributed by atoms with van der Waals surface area (Å²) in [5.74, 6) is 0.759. The third kappa shape index (κ3) is 2.76. The van der Waals surface area contributed by atoms with Gasteiger partial charge < -0.3 is 10.6 Å². The van der Waals surface area contributed by atoms with Gasteiger partial charge in [0.2, 0.25) is 5.95 Å². The van der Waals surface area contributed by atoms with Crippen molar-refractivity contribution in [2.24, 2.45) is 5.73 Å². The Hall–Kier alpha value is -1.65. The van der Waals surface area contributed by atoms with E-state index in [4.69, 9.17) is 17.3 Å². The largest absolute Gasteiger partial charge is 0.341 e. The molecule has 1 aliphatic rings. The van der Waals surface area contributed by atoms with Crippen LogP contribution < -0.4 is 10.6 Å². The summed E-state index contributed by atoms with van der Waals surface area (Å²) in [6.07, 6.45) is 3.76. The lowest BCUT2D eigenvalue weighted by Crippen LogP contribution is -2.40. The van der Waals surface area contributed by atoms with Gasteiger partial charge in [-0.3, -0.25) is 0 Å². The molecule has 0 bridgehead atoms. The topological polar surface area (TPSA) is 55.0 Å². The van der Waals surface area contributed by atoms with Crippen molar-refractivity contribution >= 4 is 17.5 Å². The molecule has 1 saturated heterocycles. The first kappa shape index (κ1) is 13.3. The molecule has 5 heteroatoms. The van der Waals surface area contributed by atoms with Crippen molar-refractivity contribution in [1.29, 1.82) is 0 Å². The van der Waals surface area contributed by atoms with Crippen molar-refractivity contribution in [2.75, 3.05) is 18.0 Å². The first-order valence-electron chi connectivity index (χ1n) is 6.82. The van der Waals surface area contributed by atoms with Crippen molar-refractivity contribution in [3.63, 3.8) is 0 Å². The number of anilines is 1. The average molecular weight is 289 g/mol. The summed E-state index contributed by atoms with van der Waals surface area (Å²) in [7, 11) is 0. The molecule has 104 valence electrons. The SMILES string of the molecule is NC1CCN(c2nccc(-c3ccccc3Cl)n2)CC1. The average Bonchev–Trinajstić information content (AvgIpc) is 2.49. The minimum atomic E-state index is 0.304. The molecule has 0 radical (unpaired) electrons. The molecule has 0 amide bonds. The van der Waals surface area contributed by atoms with E-state index in [0.717, 1.165) is 43.1 Å². The molecule has 0 spiro atoms. The lowest BCUT2D eigenvalue weighted by molar-refractivity contribution is 0.495. The summed E-state index contributed by atoms with van der Waals surface area (Å²) in [5, 5.41) is 0.706. The monoisotopic (exact) mass is 288 g/mol. The van der Waals surface area contributed by atoms with Crippen LogP contribution in [0.5, 0.6) is 0 Å². The molecule has 1 aromatic heterocycles. The van der Waals surface area contributed by atoms with Crippen LogP contribution in [0.3, 0.4) is 0 Å². The van der Waals surface area contributed by atoms with Crippen LogP contribution in [0, 0.1) is 0 Å². The second-order valence-electron chi connectivity index (χ2n) is 5.05. The first-order chi connectivity index (χ1) is 9.74. The van der Waals surface area contributed by atoms with Gasteiger partial charge >= 0.3 is 0 Å². The predicted octanol–water partition coefficient (Wildman–Crippen LogP) is 2.72. The highest BCUT2D eigenvalue weighted by Crippen LogP contribution is 2.27. The maximum Gasteiger partial charge on any atom is 0.225 e. The molecule has 0 atom stereocenters. The van der Waals surface area contributed by atoms with Gasteiger partial charge in [0.25, 0.3) is 0 Å². The van der Waals surface area contributed by atoms with Crippen LogP contribution >= 0.6 is 11.6 Å². The third-order valence-corrected chi connectivity index (χ3v) is 3.94. The third-order valence-electron chi connectivity index (χ3n) is 3.62. The van der Waals surface area contributed by atoms with Crippen molar-refractivity contribution in [2.45, 2.75) is 18.9 Å². The normalized spacial score (nSPS) is 16.4. The molecule has 2 N–H and O–H groups in total. The minimum absolute atomic E-state index is 0.304. The molecule has 2 heterocycles. The van der Waals surface area contributed by atoms with E-state index < -0.39 is 0 Å². The Labute approximate surface area is 123 Å². The smallest absolute Gasteiger partial charge is 0.225 e. The number of benzene rings is 1. The predicted molar refractivity (Wildman–Crippen MR) is 81.9 cm³/mol. The fourth-order valence-corrected chi connectivity index (χ4v) is 2.65. The molecule has 1 fully saturated rings. The zero-order chi connectivity index (χ0) is 13.9. The van der Waals surface area contributed by atoms with Gasteiger partial charge in [-0.15, -0.1) is 0 Å². The van der Waals surface area contributed by atoms with Crippen molar-refractivity contribution in [1.82, 2.24) is 9.97 Å². The number of nitrogens with two attached hydrogens (primary N) is 1. The number of hydrogen-bond donors (Lipinski definition) is 1. The molecular formula is C15H17ClN4. The Bertz CT molecular complexity index is 594. The molecular weight excluding hydrogens is 272 g/mol. The summed E-state index contributed by atoms with van der Waals surface area (Å²) in [6, 6.07) is 9.92. The van der Waals surface area contributed by atoms with Crippen molar-refractivity contribution in [3.05, 3.63) is 41.6 Å². The molecule has 0 aliphatic carbocycles. The Balaban J connectivity index is 1.88. The van der Waals surface area contributed by atoms with Crippen molar-refractivity contribution in [3.8, 4) is 11.3 Å². The van der Waals surface area contributed by atoms with E-state index in [2.05, 4.69) is 14.9 Å². The summed E-state index contributed by atoms with van der Waals surface area (Å²) in [6.45, 7) is 1.82. The number of aromatic nitrogens is 2. The molecule has 1 aliphatic heterocycles. The number of rotatable bonds is 2. The molecule has 4 nitrogen and oxygen atoms in total. The van der Waals surface area contributed by atoms with Gasteiger partial charge in [0.05, 0.1) is 5.69 Å². The highest BCUT2D eigenvalue weighted by molar-refractivity contribution is 6.33. The van der Waals surface area contributed by atoms with Gasteiger partial charge in [-0.1, -0.05) is 29.8 Å². The molecule has 1 aromatic carbocycles. The fraction of sp³-hybridized carbons (Fsp3) is 0.333. The van der Waals surface area contributed by atoms with Gasteiger partial charge in [-0.05, 0) is 25.0 Å². The summed E-state index contributed by atoms with van der Waals surface area (Å²) in [5.41, 5.74) is 7.72. The lowest BCUT2D eigenvalue weighted by Gasteiger charge is -2.30. The molecule has 2 aromatic rings. The van der Waals surface area contributed by atoms with Crippen LogP contribution in [0.1, 0.15) is 12.8 Å². The Morgan fingerprint density at radius 1 is 1.15 bits per heavy atom. The molecule has 3 rings (SSSR count). The van der Waals surface area contributed by atoms with Gasteiger partial charge in [0.1, 0.15) is 0 Å². The standard InChI is InChI=1S/C15H17ClN4/c16-13-4-2-1-3-12(13)14-5-8-18-15(19-14)20-9-6-11(17)7-10-20/h1-5,8,11H,6-7,9-10,17H2. The quantitative estimate of drug-likeness (QED) is 0.923. The lowest BCUT2D eigenvalue weighted by atomic mass is 10.1. The fourth-order valence-electron chi connectivity index (χ4n) is 2.42. The maximum atomic E-state index is 6.23. The zero-order valence-electron chi connectivity index (χ0n) is 11.2. The second-order valence-corrected chi connectivity index (χ2v) is 5.45. The summed E-state index contributed by atoms with van der Waals surface area (Å²) >= 11 is 6.23. The van der Waals surface area contributed by atoms with Crippen LogP contribution in [0.4, 0.5) is 5.95 Å². The van der Waals surface area contributed by atoms with E-state index in [1.807, 2.05) is 30.3 Å². The summed E-state index contributed by atoms with van der Waals surface area (Å²) < 4.78 is 0. The molecule has 20 heavy (non-hydrogen) atoms. The van der Waals surface area contributed by atoms with Gasteiger partial charge in [0.15, 0.2) is 0 Å². The molecule has 0 unspecified atom stereocenters. The van der Waals surface area contributed by atoms with Crippen LogP contribution in [0.2, 0.25) is 5.02 Å². The number of halogens is 1. The number of hydrogen-bond acceptors (Lipinski definition) is 4. The molecule has 0 saturated carbocycles. The van der Waals surface area contributed by atoms with Crippen LogP contribution in [-0.2, 0) is 0 Å². The van der Waals surface area contributed by atoms with Crippen LogP contribution in [0.15, 0.2) is 36.5 Å². The highest BCUT2D eigenvalue weighted by atomic mass is 35.5. The maximum absolute atomic E-state index is 6.23. The van der Waals surface area contributed by atoms with Crippen LogP contribution in [0.25, 0.3) is 11.3 Å². The number of piperidine rings is 1. The summed E-state index contributed by atoms with van der Waals surface area (Å²) in [4.78, 5) is 11.2. The van der Waals surface area contributed by atoms with E-state index in [1.54, 1.807) is 6.20 Å². The Morgan fingerprint density at radius 2 is 1.90 bits per heavy atom. The number of nitrogens with zero attached hydrogens (tertiary/aromatic N) is 3. The van der Waals surface area contributed by atoms with E-state index in [-0.39, 0.29) is 0 Å². The van der Waals surface area contributed by atoms with Gasteiger partial charge in [-0.25, -0.2) is 9.97 Å². The highest BCUT2D eigenvalue weighted by Gasteiger charge is 2.18. The van der Waals surface area contributed by atoms with E-state index in [1.165, 1.54) is 0 Å². The zero-order valence-corrected chi connectivity index (χ0v) is 11.9. The van der Waals surface area contributed by atoms with E-state index in [9.17, 15) is 0 Å². The minimum Gasteiger partial charge on any atom is -0.341 e. The van der Waals surface area contributed by atoms with Crippen LogP contribution in [-0.4, -0.2) is 29.1 Å². The van der Waals surface area contributed by atoms with E-state index in [0.29, 0.717) is 11.1 Å². The van der Waals surface area contributed by atoms with Crippen molar-refractivity contribution < 1.29 is 0 Å². The first-order valence-corrected chi connectivity index (χ1v) is 7.20. The Kier molecular flexibility index (Phi) is 3.85. The Morgan fingerprint density at radius 3 is 2.65 bits per heavy atom. The van der Waals surface area contributed by atoms with Gasteiger partial charge in [-0.2, -0.15) is 0 Å². The second kappa shape index (κ2) is 5.77. The van der Waals surface area contributed by atoms with E-state index >= 15 is 0 Å². The van der Waals surface area contributed by atoms with Gasteiger partial charge in [0, 0.05) is 35.9 Å².